The van der Waals surface area contributed by atoms with E-state index >= 15 is 0 Å². The highest BCUT2D eigenvalue weighted by Crippen LogP contribution is 2.15. The molecule has 1 aromatic rings. The standard InChI is InChI=1S/C12H18ClN3O3/c1-8(2)6-9(7-13)14-12(17)10-4-5-11(15(10)3)16(18)19/h4-5,8-9H,6-7H2,1-3H3,(H,14,17). The second-order valence-electron chi connectivity index (χ2n) is 4.85. The second-order valence-corrected chi connectivity index (χ2v) is 5.16. The number of hydrogen-bond donors (Lipinski definition) is 1. The van der Waals surface area contributed by atoms with E-state index in [4.69, 9.17) is 11.6 Å². The Kier molecular flexibility index (Phi) is 5.35. The average Bonchev–Trinajstić information content (AvgIpc) is 2.69. The number of aromatic nitrogens is 1. The molecule has 0 bridgehead atoms. The van der Waals surface area contributed by atoms with E-state index in [1.165, 1.54) is 23.7 Å². The Balaban J connectivity index is 2.80. The monoisotopic (exact) mass is 287 g/mol. The summed E-state index contributed by atoms with van der Waals surface area (Å²) in [4.78, 5) is 22.2. The third kappa shape index (κ3) is 3.96. The minimum Gasteiger partial charge on any atom is -0.358 e. The number of alkyl halides is 1. The zero-order valence-electron chi connectivity index (χ0n) is 11.2. The molecule has 7 heteroatoms. The molecule has 1 unspecified atom stereocenters. The Morgan fingerprint density at radius 3 is 2.58 bits per heavy atom. The van der Waals surface area contributed by atoms with Crippen LogP contribution in [0.5, 0.6) is 0 Å². The molecule has 0 aliphatic rings. The molecule has 0 aromatic carbocycles. The summed E-state index contributed by atoms with van der Waals surface area (Å²) in [5, 5.41) is 13.5. The van der Waals surface area contributed by atoms with E-state index in [2.05, 4.69) is 5.32 Å². The molecule has 0 saturated carbocycles. The molecule has 1 atom stereocenters. The van der Waals surface area contributed by atoms with Gasteiger partial charge in [-0.15, -0.1) is 11.6 Å². The van der Waals surface area contributed by atoms with Gasteiger partial charge in [0.05, 0.1) is 7.05 Å². The molecule has 0 fully saturated rings. The number of hydrogen-bond acceptors (Lipinski definition) is 3. The number of carbonyl (C=O) groups is 1. The predicted molar refractivity (Wildman–Crippen MR) is 73.5 cm³/mol. The number of carbonyl (C=O) groups excluding carboxylic acids is 1. The van der Waals surface area contributed by atoms with Crippen molar-refractivity contribution in [2.24, 2.45) is 13.0 Å². The van der Waals surface area contributed by atoms with Crippen LogP contribution >= 0.6 is 11.6 Å². The summed E-state index contributed by atoms with van der Waals surface area (Å²) in [5.74, 6) is 0.265. The zero-order chi connectivity index (χ0) is 14.6. The van der Waals surface area contributed by atoms with Crippen molar-refractivity contribution in [1.29, 1.82) is 0 Å². The third-order valence-corrected chi connectivity index (χ3v) is 3.16. The van der Waals surface area contributed by atoms with E-state index in [0.29, 0.717) is 11.8 Å². The molecule has 6 nitrogen and oxygen atoms in total. The van der Waals surface area contributed by atoms with Gasteiger partial charge in [0.2, 0.25) is 0 Å². The first-order valence-electron chi connectivity index (χ1n) is 6.03. The fourth-order valence-corrected chi connectivity index (χ4v) is 2.10. The van der Waals surface area contributed by atoms with Crippen LogP contribution in [0.1, 0.15) is 30.8 Å². The van der Waals surface area contributed by atoms with Gasteiger partial charge in [-0.25, -0.2) is 4.57 Å². The van der Waals surface area contributed by atoms with Crippen molar-refractivity contribution < 1.29 is 9.72 Å². The van der Waals surface area contributed by atoms with Gasteiger partial charge in [0, 0.05) is 18.0 Å². The molecule has 1 heterocycles. The molecular formula is C12H18ClN3O3. The molecule has 0 radical (unpaired) electrons. The van der Waals surface area contributed by atoms with E-state index in [-0.39, 0.29) is 23.5 Å². The molecule has 1 rings (SSSR count). The number of amides is 1. The van der Waals surface area contributed by atoms with Crippen LogP contribution in [-0.2, 0) is 7.05 Å². The molecule has 1 aromatic heterocycles. The van der Waals surface area contributed by atoms with Crippen LogP contribution < -0.4 is 5.32 Å². The highest BCUT2D eigenvalue weighted by Gasteiger charge is 2.22. The normalized spacial score (nSPS) is 12.5. The third-order valence-electron chi connectivity index (χ3n) is 2.79. The largest absolute Gasteiger partial charge is 0.358 e. The van der Waals surface area contributed by atoms with Gasteiger partial charge in [-0.05, 0) is 23.3 Å². The van der Waals surface area contributed by atoms with Crippen molar-refractivity contribution in [2.75, 3.05) is 5.88 Å². The lowest BCUT2D eigenvalue weighted by Gasteiger charge is -2.17. The summed E-state index contributed by atoms with van der Waals surface area (Å²) in [6.45, 7) is 4.08. The van der Waals surface area contributed by atoms with Crippen LogP contribution in [-0.4, -0.2) is 27.3 Å². The molecule has 19 heavy (non-hydrogen) atoms. The van der Waals surface area contributed by atoms with Crippen LogP contribution in [0.3, 0.4) is 0 Å². The van der Waals surface area contributed by atoms with Crippen molar-refractivity contribution in [3.05, 3.63) is 27.9 Å². The summed E-state index contributed by atoms with van der Waals surface area (Å²) >= 11 is 5.81. The molecule has 1 amide bonds. The Hall–Kier alpha value is -1.56. The van der Waals surface area contributed by atoms with Gasteiger partial charge >= 0.3 is 5.82 Å². The summed E-state index contributed by atoms with van der Waals surface area (Å²) in [6, 6.07) is 2.62. The Morgan fingerprint density at radius 2 is 2.16 bits per heavy atom. The highest BCUT2D eigenvalue weighted by atomic mass is 35.5. The lowest BCUT2D eigenvalue weighted by Crippen LogP contribution is -2.38. The van der Waals surface area contributed by atoms with Crippen LogP contribution in [0.2, 0.25) is 0 Å². The first kappa shape index (κ1) is 15.5. The van der Waals surface area contributed by atoms with Crippen LogP contribution in [0, 0.1) is 16.0 Å². The number of rotatable bonds is 6. The predicted octanol–water partition coefficient (Wildman–Crippen LogP) is 2.32. The highest BCUT2D eigenvalue weighted by molar-refractivity contribution is 6.18. The van der Waals surface area contributed by atoms with Crippen molar-refractivity contribution in [1.82, 2.24) is 9.88 Å². The Labute approximate surface area is 116 Å². The van der Waals surface area contributed by atoms with Gasteiger partial charge in [0.1, 0.15) is 0 Å². The fourth-order valence-electron chi connectivity index (χ4n) is 1.90. The van der Waals surface area contributed by atoms with Gasteiger partial charge in [0.15, 0.2) is 5.69 Å². The van der Waals surface area contributed by atoms with Crippen LogP contribution in [0.15, 0.2) is 12.1 Å². The van der Waals surface area contributed by atoms with Crippen molar-refractivity contribution in [3.8, 4) is 0 Å². The molecular weight excluding hydrogens is 270 g/mol. The lowest BCUT2D eigenvalue weighted by molar-refractivity contribution is -0.391. The van der Waals surface area contributed by atoms with Crippen molar-refractivity contribution in [3.63, 3.8) is 0 Å². The Morgan fingerprint density at radius 1 is 1.53 bits per heavy atom. The smallest absolute Gasteiger partial charge is 0.323 e. The molecule has 1 N–H and O–H groups in total. The molecule has 106 valence electrons. The minimum atomic E-state index is -0.524. The maximum atomic E-state index is 12.0. The maximum absolute atomic E-state index is 12.0. The topological polar surface area (TPSA) is 77.2 Å². The van der Waals surface area contributed by atoms with Gasteiger partial charge in [-0.1, -0.05) is 13.8 Å². The van der Waals surface area contributed by atoms with E-state index < -0.39 is 4.92 Å². The number of halogens is 1. The second kappa shape index (κ2) is 6.56. The molecule has 0 saturated heterocycles. The van der Waals surface area contributed by atoms with Gasteiger partial charge in [-0.2, -0.15) is 0 Å². The number of nitro groups is 1. The fraction of sp³-hybridized carbons (Fsp3) is 0.583. The van der Waals surface area contributed by atoms with Crippen LogP contribution in [0.4, 0.5) is 5.82 Å². The van der Waals surface area contributed by atoms with Gasteiger partial charge < -0.3 is 15.4 Å². The van der Waals surface area contributed by atoms with E-state index in [1.807, 2.05) is 13.8 Å². The minimum absolute atomic E-state index is 0.114. The average molecular weight is 288 g/mol. The first-order chi connectivity index (χ1) is 8.86. The summed E-state index contributed by atoms with van der Waals surface area (Å²) in [7, 11) is 1.49. The van der Waals surface area contributed by atoms with E-state index in [0.717, 1.165) is 6.42 Å². The SMILES string of the molecule is CC(C)CC(CCl)NC(=O)c1ccc([N+](=O)[O-])n1C. The molecule has 0 spiro atoms. The van der Waals surface area contributed by atoms with Gasteiger partial charge in [-0.3, -0.25) is 4.79 Å². The summed E-state index contributed by atoms with van der Waals surface area (Å²) in [6.07, 6.45) is 0.766. The maximum Gasteiger partial charge on any atom is 0.323 e. The molecule has 0 aliphatic heterocycles. The van der Waals surface area contributed by atoms with Gasteiger partial charge in [0.25, 0.3) is 5.91 Å². The number of nitrogens with one attached hydrogen (secondary N) is 1. The lowest BCUT2D eigenvalue weighted by atomic mass is 10.1. The van der Waals surface area contributed by atoms with Crippen LogP contribution in [0.25, 0.3) is 0 Å². The summed E-state index contributed by atoms with van der Waals surface area (Å²) < 4.78 is 1.26. The van der Waals surface area contributed by atoms with Crippen molar-refractivity contribution in [2.45, 2.75) is 26.3 Å². The number of nitrogens with zero attached hydrogens (tertiary/aromatic N) is 2. The van der Waals surface area contributed by atoms with E-state index in [1.54, 1.807) is 0 Å². The van der Waals surface area contributed by atoms with Crippen molar-refractivity contribution >= 4 is 23.3 Å². The quantitative estimate of drug-likeness (QED) is 0.495. The molecule has 0 aliphatic carbocycles. The first-order valence-corrected chi connectivity index (χ1v) is 6.57. The Bertz CT molecular complexity index is 471. The van der Waals surface area contributed by atoms with E-state index in [9.17, 15) is 14.9 Å². The zero-order valence-corrected chi connectivity index (χ0v) is 12.0. The summed E-state index contributed by atoms with van der Waals surface area (Å²) in [5.41, 5.74) is 0.255.